The fourth-order valence-corrected chi connectivity index (χ4v) is 4.81. The van der Waals surface area contributed by atoms with Gasteiger partial charge in [-0.15, -0.1) is 0 Å². The van der Waals surface area contributed by atoms with Crippen molar-refractivity contribution in [2.45, 2.75) is 38.3 Å². The molecule has 1 fully saturated rings. The zero-order valence-corrected chi connectivity index (χ0v) is 19.5. The van der Waals surface area contributed by atoms with Crippen LogP contribution in [0.5, 0.6) is 0 Å². The van der Waals surface area contributed by atoms with Crippen molar-refractivity contribution in [2.75, 3.05) is 35.8 Å². The maximum Gasteiger partial charge on any atom is 0.319 e. The van der Waals surface area contributed by atoms with Crippen LogP contribution in [0.2, 0.25) is 0 Å². The van der Waals surface area contributed by atoms with E-state index < -0.39 is 6.03 Å². The molecule has 7 heteroatoms. The molecule has 7 nitrogen and oxygen atoms in total. The van der Waals surface area contributed by atoms with Crippen LogP contribution in [-0.2, 0) is 6.54 Å². The smallest absolute Gasteiger partial charge is 0.319 e. The van der Waals surface area contributed by atoms with Crippen molar-refractivity contribution in [1.82, 2.24) is 4.98 Å². The number of urea groups is 1. The molecule has 2 amide bonds. The maximum atomic E-state index is 12.2. The van der Waals surface area contributed by atoms with Gasteiger partial charge in [-0.05, 0) is 49.3 Å². The van der Waals surface area contributed by atoms with Crippen LogP contribution in [0.3, 0.4) is 0 Å². The molecule has 0 unspecified atom stereocenters. The van der Waals surface area contributed by atoms with Gasteiger partial charge >= 0.3 is 6.03 Å². The average molecular weight is 447 g/mol. The predicted octanol–water partition coefficient (Wildman–Crippen LogP) is 4.32. The van der Waals surface area contributed by atoms with E-state index in [1.165, 1.54) is 0 Å². The second-order valence-electron chi connectivity index (χ2n) is 9.08. The third kappa shape index (κ3) is 5.20. The maximum absolute atomic E-state index is 12.2. The number of nitrogens with two attached hydrogens (primary N) is 2. The largest absolute Gasteiger partial charge is 0.377 e. The highest BCUT2D eigenvalue weighted by Crippen LogP contribution is 2.32. The number of amides is 2. The van der Waals surface area contributed by atoms with Gasteiger partial charge in [0.25, 0.3) is 0 Å². The number of benzene rings is 2. The van der Waals surface area contributed by atoms with E-state index in [2.05, 4.69) is 42.5 Å². The molecule has 0 aliphatic heterocycles. The first kappa shape index (κ1) is 22.9. The molecule has 1 heterocycles. The van der Waals surface area contributed by atoms with E-state index >= 15 is 0 Å². The molecule has 174 valence electrons. The number of aromatic nitrogens is 1. The Morgan fingerprint density at radius 1 is 1.03 bits per heavy atom. The molecule has 5 N–H and O–H groups in total. The SMILES string of the molecule is CN(C)c1cc(N[C@H]2CC[C@@H](CN(C(N)=O)c3ccccc3CN)CC2)nc2ccccc12. The number of para-hydroxylation sites is 2. The second-order valence-corrected chi connectivity index (χ2v) is 9.08. The molecule has 1 aliphatic carbocycles. The number of hydrogen-bond acceptors (Lipinski definition) is 5. The molecule has 0 saturated heterocycles. The van der Waals surface area contributed by atoms with Gasteiger partial charge in [0.1, 0.15) is 5.82 Å². The normalized spacial score (nSPS) is 18.2. The highest BCUT2D eigenvalue weighted by Gasteiger charge is 2.26. The molecule has 0 atom stereocenters. The summed E-state index contributed by atoms with van der Waals surface area (Å²) < 4.78 is 0. The molecule has 33 heavy (non-hydrogen) atoms. The second kappa shape index (κ2) is 10.1. The third-order valence-electron chi connectivity index (χ3n) is 6.58. The zero-order chi connectivity index (χ0) is 23.4. The number of primary amides is 1. The van der Waals surface area contributed by atoms with Gasteiger partial charge in [0.15, 0.2) is 0 Å². The molecule has 2 aromatic carbocycles. The summed E-state index contributed by atoms with van der Waals surface area (Å²) in [5.41, 5.74) is 15.5. The van der Waals surface area contributed by atoms with Gasteiger partial charge in [0.05, 0.1) is 5.52 Å². The summed E-state index contributed by atoms with van der Waals surface area (Å²) in [6, 6.07) is 18.0. The highest BCUT2D eigenvalue weighted by molar-refractivity contribution is 5.93. The van der Waals surface area contributed by atoms with Gasteiger partial charge in [-0.3, -0.25) is 4.90 Å². The Morgan fingerprint density at radius 3 is 2.42 bits per heavy atom. The fraction of sp³-hybridized carbons (Fsp3) is 0.385. The first-order valence-electron chi connectivity index (χ1n) is 11.6. The number of carbonyl (C=O) groups is 1. The molecule has 0 bridgehead atoms. The van der Waals surface area contributed by atoms with E-state index in [-0.39, 0.29) is 0 Å². The Balaban J connectivity index is 1.41. The summed E-state index contributed by atoms with van der Waals surface area (Å²) in [6.07, 6.45) is 4.12. The molecule has 0 radical (unpaired) electrons. The molecule has 1 aromatic heterocycles. The van der Waals surface area contributed by atoms with E-state index in [1.54, 1.807) is 4.90 Å². The van der Waals surface area contributed by atoms with Crippen molar-refractivity contribution < 1.29 is 4.79 Å². The van der Waals surface area contributed by atoms with Gasteiger partial charge in [-0.25, -0.2) is 9.78 Å². The molecule has 3 aromatic rings. The third-order valence-corrected chi connectivity index (χ3v) is 6.58. The number of rotatable bonds is 7. The number of nitrogens with one attached hydrogen (secondary N) is 1. The van der Waals surface area contributed by atoms with Crippen molar-refractivity contribution in [2.24, 2.45) is 17.4 Å². The van der Waals surface area contributed by atoms with Crippen LogP contribution in [0, 0.1) is 5.92 Å². The Bertz CT molecular complexity index is 1110. The summed E-state index contributed by atoms with van der Waals surface area (Å²) in [5, 5.41) is 4.81. The van der Waals surface area contributed by atoms with Gasteiger partial charge in [0, 0.05) is 56.1 Å². The quantitative estimate of drug-likeness (QED) is 0.502. The van der Waals surface area contributed by atoms with Crippen molar-refractivity contribution >= 4 is 34.1 Å². The van der Waals surface area contributed by atoms with Crippen molar-refractivity contribution in [1.29, 1.82) is 0 Å². The van der Waals surface area contributed by atoms with E-state index in [0.717, 1.165) is 59.3 Å². The molecule has 1 saturated carbocycles. The highest BCUT2D eigenvalue weighted by atomic mass is 16.2. The van der Waals surface area contributed by atoms with E-state index in [1.807, 2.05) is 36.4 Å². The van der Waals surface area contributed by atoms with Gasteiger partial charge < -0.3 is 21.7 Å². The fourth-order valence-electron chi connectivity index (χ4n) is 4.81. The van der Waals surface area contributed by atoms with Crippen LogP contribution in [0.15, 0.2) is 54.6 Å². The number of pyridine rings is 1. The zero-order valence-electron chi connectivity index (χ0n) is 19.5. The first-order valence-corrected chi connectivity index (χ1v) is 11.6. The Labute approximate surface area is 195 Å². The van der Waals surface area contributed by atoms with Crippen LogP contribution < -0.4 is 26.6 Å². The Hall–Kier alpha value is -3.32. The minimum absolute atomic E-state index is 0.364. The standard InChI is InChI=1S/C26H34N6O/c1-31(2)24-15-25(30-22-9-5-4-8-21(22)24)29-20-13-11-18(12-14-20)17-32(26(28)33)23-10-6-3-7-19(23)16-27/h3-10,15,18,20H,11-14,16-17,27H2,1-2H3,(H2,28,33)(H,29,30)/t18-,20+. The lowest BCUT2D eigenvalue weighted by Crippen LogP contribution is -2.41. The average Bonchev–Trinajstić information content (AvgIpc) is 2.82. The number of anilines is 3. The Kier molecular flexibility index (Phi) is 6.99. The molecule has 4 rings (SSSR count). The molecular weight excluding hydrogens is 412 g/mol. The monoisotopic (exact) mass is 446 g/mol. The Morgan fingerprint density at radius 2 is 1.73 bits per heavy atom. The van der Waals surface area contributed by atoms with Crippen LogP contribution in [0.25, 0.3) is 10.9 Å². The van der Waals surface area contributed by atoms with Gasteiger partial charge in [0.2, 0.25) is 0 Å². The minimum atomic E-state index is -0.423. The van der Waals surface area contributed by atoms with Crippen molar-refractivity contribution in [3.8, 4) is 0 Å². The lowest BCUT2D eigenvalue weighted by atomic mass is 9.85. The van der Waals surface area contributed by atoms with Crippen LogP contribution in [0.1, 0.15) is 31.2 Å². The summed E-state index contributed by atoms with van der Waals surface area (Å²) in [5.74, 6) is 1.32. The number of carbonyl (C=O) groups excluding carboxylic acids is 1. The van der Waals surface area contributed by atoms with Crippen molar-refractivity contribution in [3.05, 3.63) is 60.2 Å². The first-order chi connectivity index (χ1) is 16.0. The van der Waals surface area contributed by atoms with E-state index in [9.17, 15) is 4.79 Å². The summed E-state index contributed by atoms with van der Waals surface area (Å²) in [6.45, 7) is 1.00. The van der Waals surface area contributed by atoms with Crippen LogP contribution >= 0.6 is 0 Å². The van der Waals surface area contributed by atoms with Crippen LogP contribution in [0.4, 0.5) is 22.0 Å². The minimum Gasteiger partial charge on any atom is -0.377 e. The lowest BCUT2D eigenvalue weighted by Gasteiger charge is -2.33. The number of hydrogen-bond donors (Lipinski definition) is 3. The molecule has 0 spiro atoms. The topological polar surface area (TPSA) is 101 Å². The number of nitrogens with zero attached hydrogens (tertiary/aromatic N) is 3. The number of fused-ring (bicyclic) bond motifs is 1. The van der Waals surface area contributed by atoms with Gasteiger partial charge in [-0.2, -0.15) is 0 Å². The lowest BCUT2D eigenvalue weighted by molar-refractivity contribution is 0.250. The summed E-state index contributed by atoms with van der Waals surface area (Å²) in [4.78, 5) is 20.9. The van der Waals surface area contributed by atoms with Gasteiger partial charge in [-0.1, -0.05) is 36.4 Å². The van der Waals surface area contributed by atoms with Crippen molar-refractivity contribution in [3.63, 3.8) is 0 Å². The van der Waals surface area contributed by atoms with Crippen LogP contribution in [-0.4, -0.2) is 37.7 Å². The van der Waals surface area contributed by atoms with E-state index in [4.69, 9.17) is 16.5 Å². The summed E-state index contributed by atoms with van der Waals surface area (Å²) >= 11 is 0. The predicted molar refractivity (Wildman–Crippen MR) is 137 cm³/mol. The summed E-state index contributed by atoms with van der Waals surface area (Å²) in [7, 11) is 4.12. The molecule has 1 aliphatic rings. The molecular formula is C26H34N6O. The van der Waals surface area contributed by atoms with E-state index in [0.29, 0.717) is 25.0 Å².